The quantitative estimate of drug-likeness (QED) is 0.466. The topological polar surface area (TPSA) is 101 Å². The van der Waals surface area contributed by atoms with E-state index in [9.17, 15) is 13.2 Å². The van der Waals surface area contributed by atoms with E-state index in [4.69, 9.17) is 5.73 Å². The summed E-state index contributed by atoms with van der Waals surface area (Å²) in [5.74, 6) is -0.174. The summed E-state index contributed by atoms with van der Waals surface area (Å²) in [5, 5.41) is 2.58. The summed E-state index contributed by atoms with van der Waals surface area (Å²) in [7, 11) is -1.87. The van der Waals surface area contributed by atoms with Crippen molar-refractivity contribution in [3.8, 4) is 0 Å². The molecule has 0 aliphatic heterocycles. The fraction of sp³-hybridized carbons (Fsp3) is 0.900. The molecule has 0 aliphatic rings. The molecule has 0 heterocycles. The minimum Gasteiger partial charge on any atom is -0.355 e. The van der Waals surface area contributed by atoms with Gasteiger partial charge in [0.25, 0.3) is 0 Å². The predicted molar refractivity (Wildman–Crippen MR) is 68.0 cm³/mol. The summed E-state index contributed by atoms with van der Waals surface area (Å²) in [6.07, 6.45) is 4.29. The summed E-state index contributed by atoms with van der Waals surface area (Å²) < 4.78 is 24.3. The third-order valence-electron chi connectivity index (χ3n) is 2.36. The summed E-state index contributed by atoms with van der Waals surface area (Å²) >= 11 is 0. The Hall–Kier alpha value is -0.660. The van der Waals surface area contributed by atoms with E-state index in [1.165, 1.54) is 7.05 Å². The van der Waals surface area contributed by atoms with Gasteiger partial charge in [-0.15, -0.1) is 0 Å². The van der Waals surface area contributed by atoms with Gasteiger partial charge in [-0.1, -0.05) is 12.8 Å². The van der Waals surface area contributed by atoms with Crippen LogP contribution in [0, 0.1) is 0 Å². The van der Waals surface area contributed by atoms with Gasteiger partial charge in [-0.05, 0) is 26.4 Å². The number of rotatable bonds is 10. The van der Waals surface area contributed by atoms with Crippen molar-refractivity contribution in [1.29, 1.82) is 0 Å². The average molecular weight is 265 g/mol. The van der Waals surface area contributed by atoms with Crippen molar-refractivity contribution in [3.63, 3.8) is 0 Å². The fourth-order valence-corrected chi connectivity index (χ4v) is 1.87. The van der Waals surface area contributed by atoms with E-state index in [0.29, 0.717) is 13.0 Å². The van der Waals surface area contributed by atoms with Crippen LogP contribution in [0.4, 0.5) is 0 Å². The standard InChI is InChI=1S/C10H23N3O3S/c1-12-17(15,16)9-8-13-10(14)6-4-2-3-5-7-11/h12H,2-9,11H2,1H3,(H,13,14). The fourth-order valence-electron chi connectivity index (χ4n) is 1.30. The number of nitrogens with two attached hydrogens (primary N) is 1. The van der Waals surface area contributed by atoms with Gasteiger partial charge in [0.05, 0.1) is 5.75 Å². The van der Waals surface area contributed by atoms with Crippen molar-refractivity contribution in [1.82, 2.24) is 10.0 Å². The highest BCUT2D eigenvalue weighted by molar-refractivity contribution is 7.89. The molecule has 7 heteroatoms. The third-order valence-corrected chi connectivity index (χ3v) is 3.73. The molecular weight excluding hydrogens is 242 g/mol. The Bertz CT molecular complexity index is 304. The minimum absolute atomic E-state index is 0.0809. The molecule has 0 aliphatic carbocycles. The Morgan fingerprint density at radius 2 is 1.82 bits per heavy atom. The lowest BCUT2D eigenvalue weighted by molar-refractivity contribution is -0.121. The highest BCUT2D eigenvalue weighted by atomic mass is 32.2. The van der Waals surface area contributed by atoms with Crippen molar-refractivity contribution in [2.24, 2.45) is 5.73 Å². The van der Waals surface area contributed by atoms with Crippen LogP contribution in [0.5, 0.6) is 0 Å². The minimum atomic E-state index is -3.23. The second kappa shape index (κ2) is 9.38. The van der Waals surface area contributed by atoms with E-state index in [1.54, 1.807) is 0 Å². The van der Waals surface area contributed by atoms with Gasteiger partial charge in [0, 0.05) is 13.0 Å². The molecule has 17 heavy (non-hydrogen) atoms. The van der Waals surface area contributed by atoms with E-state index < -0.39 is 10.0 Å². The molecule has 0 rings (SSSR count). The van der Waals surface area contributed by atoms with Gasteiger partial charge in [0.1, 0.15) is 0 Å². The first-order valence-electron chi connectivity index (χ1n) is 5.90. The number of unbranched alkanes of at least 4 members (excludes halogenated alkanes) is 3. The molecule has 102 valence electrons. The van der Waals surface area contributed by atoms with Gasteiger partial charge < -0.3 is 11.1 Å². The number of carbonyl (C=O) groups excluding carboxylic acids is 1. The predicted octanol–water partition coefficient (Wildman–Crippen LogP) is -0.439. The van der Waals surface area contributed by atoms with E-state index >= 15 is 0 Å². The lowest BCUT2D eigenvalue weighted by Crippen LogP contribution is -2.32. The maximum Gasteiger partial charge on any atom is 0.220 e. The molecule has 0 atom stereocenters. The molecule has 4 N–H and O–H groups in total. The van der Waals surface area contributed by atoms with Crippen LogP contribution in [-0.2, 0) is 14.8 Å². The number of hydrogen-bond acceptors (Lipinski definition) is 4. The SMILES string of the molecule is CNS(=O)(=O)CCNC(=O)CCCCCCN. The smallest absolute Gasteiger partial charge is 0.220 e. The Morgan fingerprint density at radius 1 is 1.18 bits per heavy atom. The van der Waals surface area contributed by atoms with E-state index in [1.807, 2.05) is 0 Å². The van der Waals surface area contributed by atoms with Gasteiger partial charge >= 0.3 is 0 Å². The van der Waals surface area contributed by atoms with Gasteiger partial charge in [-0.2, -0.15) is 0 Å². The Morgan fingerprint density at radius 3 is 2.41 bits per heavy atom. The first kappa shape index (κ1) is 16.3. The highest BCUT2D eigenvalue weighted by Gasteiger charge is 2.07. The molecule has 0 spiro atoms. The zero-order valence-corrected chi connectivity index (χ0v) is 11.2. The first-order valence-corrected chi connectivity index (χ1v) is 7.55. The molecule has 0 saturated heterocycles. The normalized spacial score (nSPS) is 11.4. The lowest BCUT2D eigenvalue weighted by Gasteiger charge is -2.05. The second-order valence-corrected chi connectivity index (χ2v) is 5.87. The Kier molecular flexibility index (Phi) is 9.01. The van der Waals surface area contributed by atoms with Gasteiger partial charge in [0.2, 0.25) is 15.9 Å². The van der Waals surface area contributed by atoms with Crippen molar-refractivity contribution < 1.29 is 13.2 Å². The van der Waals surface area contributed by atoms with Crippen LogP contribution in [-0.4, -0.2) is 40.2 Å². The largest absolute Gasteiger partial charge is 0.355 e. The Balaban J connectivity index is 3.47. The number of sulfonamides is 1. The van der Waals surface area contributed by atoms with Crippen LogP contribution in [0.3, 0.4) is 0 Å². The third kappa shape index (κ3) is 10.2. The lowest BCUT2D eigenvalue weighted by atomic mass is 10.1. The van der Waals surface area contributed by atoms with Crippen LogP contribution in [0.1, 0.15) is 32.1 Å². The molecule has 0 aromatic carbocycles. The average Bonchev–Trinajstić information content (AvgIpc) is 2.28. The first-order chi connectivity index (χ1) is 8.02. The second-order valence-electron chi connectivity index (χ2n) is 3.83. The highest BCUT2D eigenvalue weighted by Crippen LogP contribution is 2.01. The van der Waals surface area contributed by atoms with Crippen molar-refractivity contribution in [2.45, 2.75) is 32.1 Å². The monoisotopic (exact) mass is 265 g/mol. The van der Waals surface area contributed by atoms with Crippen molar-refractivity contribution >= 4 is 15.9 Å². The van der Waals surface area contributed by atoms with Crippen LogP contribution >= 0.6 is 0 Å². The van der Waals surface area contributed by atoms with Crippen LogP contribution in [0.2, 0.25) is 0 Å². The van der Waals surface area contributed by atoms with Crippen molar-refractivity contribution in [2.75, 3.05) is 25.9 Å². The molecule has 0 aromatic rings. The summed E-state index contributed by atoms with van der Waals surface area (Å²) in [4.78, 5) is 11.3. The van der Waals surface area contributed by atoms with Gasteiger partial charge in [-0.3, -0.25) is 4.79 Å². The van der Waals surface area contributed by atoms with Crippen LogP contribution < -0.4 is 15.8 Å². The molecule has 0 unspecified atom stereocenters. The molecule has 1 amide bonds. The molecule has 0 aromatic heterocycles. The number of hydrogen-bond donors (Lipinski definition) is 3. The van der Waals surface area contributed by atoms with Gasteiger partial charge in [0.15, 0.2) is 0 Å². The number of carbonyl (C=O) groups is 1. The number of nitrogens with one attached hydrogen (secondary N) is 2. The summed E-state index contributed by atoms with van der Waals surface area (Å²) in [5.41, 5.74) is 5.35. The molecule has 0 fully saturated rings. The molecule has 6 nitrogen and oxygen atoms in total. The van der Waals surface area contributed by atoms with Gasteiger partial charge in [-0.25, -0.2) is 13.1 Å². The molecular formula is C10H23N3O3S. The maximum atomic E-state index is 11.3. The maximum absolute atomic E-state index is 11.3. The van der Waals surface area contributed by atoms with Crippen LogP contribution in [0.15, 0.2) is 0 Å². The zero-order valence-electron chi connectivity index (χ0n) is 10.4. The molecule has 0 radical (unpaired) electrons. The zero-order chi connectivity index (χ0) is 13.1. The summed E-state index contributed by atoms with van der Waals surface area (Å²) in [6, 6.07) is 0. The molecule has 0 bridgehead atoms. The summed E-state index contributed by atoms with van der Waals surface area (Å²) in [6.45, 7) is 0.846. The van der Waals surface area contributed by atoms with E-state index in [-0.39, 0.29) is 18.2 Å². The van der Waals surface area contributed by atoms with E-state index in [2.05, 4.69) is 10.0 Å². The van der Waals surface area contributed by atoms with Crippen molar-refractivity contribution in [3.05, 3.63) is 0 Å². The van der Waals surface area contributed by atoms with E-state index in [0.717, 1.165) is 25.7 Å². The Labute approximate surface area is 103 Å². The van der Waals surface area contributed by atoms with Crippen LogP contribution in [0.25, 0.3) is 0 Å². The number of amides is 1. The molecule has 0 saturated carbocycles.